The molecule has 8 heteroatoms. The summed E-state index contributed by atoms with van der Waals surface area (Å²) in [5.41, 5.74) is 1.46. The van der Waals surface area contributed by atoms with E-state index in [0.29, 0.717) is 43.8 Å². The molecule has 4 heterocycles. The zero-order valence-electron chi connectivity index (χ0n) is 16.1. The second-order valence-corrected chi connectivity index (χ2v) is 8.09. The summed E-state index contributed by atoms with van der Waals surface area (Å²) >= 11 is 0. The van der Waals surface area contributed by atoms with Gasteiger partial charge in [0.2, 0.25) is 0 Å². The molecule has 0 radical (unpaired) electrons. The smallest absolute Gasteiger partial charge is 0.269 e. The van der Waals surface area contributed by atoms with Crippen molar-refractivity contribution in [2.75, 3.05) is 26.2 Å². The molecule has 3 aliphatic rings. The van der Waals surface area contributed by atoms with Crippen LogP contribution in [-0.2, 0) is 14.4 Å². The Bertz CT molecular complexity index is 978. The lowest BCUT2D eigenvalue weighted by molar-refractivity contribution is -0.115. The van der Waals surface area contributed by atoms with Crippen molar-refractivity contribution in [1.29, 1.82) is 0 Å². The van der Waals surface area contributed by atoms with E-state index in [1.165, 1.54) is 0 Å². The Hall–Kier alpha value is -2.87. The third-order valence-electron chi connectivity index (χ3n) is 6.02. The van der Waals surface area contributed by atoms with Crippen LogP contribution in [-0.4, -0.2) is 65.4 Å². The Morgan fingerprint density at radius 2 is 2.28 bits per heavy atom. The van der Waals surface area contributed by atoms with Gasteiger partial charge in [-0.1, -0.05) is 5.16 Å². The molecule has 2 aromatic rings. The number of aromatic amines is 1. The van der Waals surface area contributed by atoms with Crippen molar-refractivity contribution in [3.8, 4) is 0 Å². The van der Waals surface area contributed by atoms with Gasteiger partial charge in [0.15, 0.2) is 5.60 Å². The number of oxime groups is 1. The summed E-state index contributed by atoms with van der Waals surface area (Å²) in [6, 6.07) is 7.60. The van der Waals surface area contributed by atoms with E-state index in [2.05, 4.69) is 15.5 Å². The van der Waals surface area contributed by atoms with Gasteiger partial charge in [-0.3, -0.25) is 9.59 Å². The Morgan fingerprint density at radius 1 is 1.34 bits per heavy atom. The van der Waals surface area contributed by atoms with Crippen LogP contribution in [0.3, 0.4) is 0 Å². The van der Waals surface area contributed by atoms with Gasteiger partial charge in [-0.05, 0) is 37.1 Å². The van der Waals surface area contributed by atoms with Crippen molar-refractivity contribution >= 4 is 28.4 Å². The molecule has 3 aliphatic heterocycles. The summed E-state index contributed by atoms with van der Waals surface area (Å²) in [5.74, 6) is -0.232. The fourth-order valence-corrected chi connectivity index (χ4v) is 4.36. The Labute approximate surface area is 168 Å². The first-order valence-electron chi connectivity index (χ1n) is 10.1. The van der Waals surface area contributed by atoms with Gasteiger partial charge in [-0.2, -0.15) is 0 Å². The van der Waals surface area contributed by atoms with E-state index < -0.39 is 5.60 Å². The second-order valence-electron chi connectivity index (χ2n) is 8.09. The quantitative estimate of drug-likeness (QED) is 0.824. The van der Waals surface area contributed by atoms with Gasteiger partial charge in [0, 0.05) is 55.2 Å². The van der Waals surface area contributed by atoms with Gasteiger partial charge in [0.1, 0.15) is 5.71 Å². The third-order valence-corrected chi connectivity index (χ3v) is 6.02. The number of nitrogens with one attached hydrogen (secondary N) is 2. The minimum Gasteiger partial charge on any atom is -0.386 e. The Balaban J connectivity index is 1.19. The number of amides is 2. The van der Waals surface area contributed by atoms with Crippen LogP contribution < -0.4 is 5.32 Å². The lowest BCUT2D eigenvalue weighted by Gasteiger charge is -2.21. The maximum absolute atomic E-state index is 12.9. The van der Waals surface area contributed by atoms with Crippen LogP contribution >= 0.6 is 0 Å². The molecule has 0 bridgehead atoms. The molecule has 8 nitrogen and oxygen atoms in total. The summed E-state index contributed by atoms with van der Waals surface area (Å²) in [6.45, 7) is 2.28. The number of H-pyrrole nitrogens is 1. The molecule has 5 rings (SSSR count). The number of fused-ring (bicyclic) bond motifs is 1. The number of likely N-dealkylation sites (tertiary alicyclic amines) is 1. The van der Waals surface area contributed by atoms with E-state index in [4.69, 9.17) is 9.57 Å². The molecule has 2 amide bonds. The number of carbonyl (C=O) groups is 2. The summed E-state index contributed by atoms with van der Waals surface area (Å²) < 4.78 is 5.53. The highest BCUT2D eigenvalue weighted by Crippen LogP contribution is 2.34. The van der Waals surface area contributed by atoms with E-state index in [-0.39, 0.29) is 17.9 Å². The lowest BCUT2D eigenvalue weighted by atomic mass is 9.96. The number of hydrogen-bond donors (Lipinski definition) is 2. The molecular weight excluding hydrogens is 372 g/mol. The zero-order valence-corrected chi connectivity index (χ0v) is 16.1. The molecular formula is C21H24N4O4. The van der Waals surface area contributed by atoms with Crippen molar-refractivity contribution in [3.63, 3.8) is 0 Å². The highest BCUT2D eigenvalue weighted by atomic mass is 16.7. The number of ether oxygens (including phenoxy) is 1. The number of carbonyl (C=O) groups excluding carboxylic acids is 2. The highest BCUT2D eigenvalue weighted by molar-refractivity contribution is 6.39. The second kappa shape index (κ2) is 7.18. The van der Waals surface area contributed by atoms with E-state index in [0.717, 1.165) is 30.4 Å². The lowest BCUT2D eigenvalue weighted by Crippen LogP contribution is -2.40. The van der Waals surface area contributed by atoms with E-state index >= 15 is 0 Å². The number of hydrogen-bond acceptors (Lipinski definition) is 5. The Morgan fingerprint density at radius 3 is 3.14 bits per heavy atom. The summed E-state index contributed by atoms with van der Waals surface area (Å²) in [5, 5.41) is 7.94. The molecule has 0 unspecified atom stereocenters. The maximum Gasteiger partial charge on any atom is 0.269 e. The summed E-state index contributed by atoms with van der Waals surface area (Å²) in [7, 11) is 0. The SMILES string of the molecule is O=C(NC[C@@H]1CCCO1)C1=NO[C@@]2(CCN(C(=O)c3ccc4[nH]ccc4c3)C2)C1. The standard InChI is InChI=1S/C21H24N4O4/c26-19(23-12-16-2-1-9-28-16)18-11-21(29-24-18)6-8-25(13-21)20(27)15-3-4-17-14(10-15)5-7-22-17/h3-5,7,10,16,22H,1-2,6,8-9,11-13H2,(H,23,26)/t16-,21-/m0/s1. The zero-order chi connectivity index (χ0) is 19.8. The van der Waals surface area contributed by atoms with Crippen LogP contribution in [0.25, 0.3) is 10.9 Å². The van der Waals surface area contributed by atoms with Crippen molar-refractivity contribution in [2.45, 2.75) is 37.4 Å². The van der Waals surface area contributed by atoms with Gasteiger partial charge in [0.05, 0.1) is 12.6 Å². The number of nitrogens with zero attached hydrogens (tertiary/aromatic N) is 2. The molecule has 1 aromatic heterocycles. The highest BCUT2D eigenvalue weighted by Gasteiger charge is 2.48. The molecule has 2 atom stereocenters. The predicted molar refractivity (Wildman–Crippen MR) is 107 cm³/mol. The van der Waals surface area contributed by atoms with Gasteiger partial charge in [0.25, 0.3) is 11.8 Å². The normalized spacial score (nSPS) is 26.1. The molecule has 2 fully saturated rings. The summed E-state index contributed by atoms with van der Waals surface area (Å²) in [6.07, 6.45) is 5.04. The number of aromatic nitrogens is 1. The minimum absolute atomic E-state index is 0.0233. The fraction of sp³-hybridized carbons (Fsp3) is 0.476. The van der Waals surface area contributed by atoms with Gasteiger partial charge >= 0.3 is 0 Å². The van der Waals surface area contributed by atoms with Gasteiger partial charge < -0.3 is 24.8 Å². The molecule has 1 aromatic carbocycles. The topological polar surface area (TPSA) is 96.0 Å². The molecule has 0 aliphatic carbocycles. The predicted octanol–water partition coefficient (Wildman–Crippen LogP) is 1.82. The number of rotatable bonds is 4. The van der Waals surface area contributed by atoms with Crippen molar-refractivity contribution in [1.82, 2.24) is 15.2 Å². The van der Waals surface area contributed by atoms with Crippen molar-refractivity contribution in [3.05, 3.63) is 36.0 Å². The minimum atomic E-state index is -0.593. The third kappa shape index (κ3) is 3.48. The molecule has 1 spiro atoms. The monoisotopic (exact) mass is 396 g/mol. The van der Waals surface area contributed by atoms with Crippen molar-refractivity contribution in [2.24, 2.45) is 5.16 Å². The van der Waals surface area contributed by atoms with Gasteiger partial charge in [-0.25, -0.2) is 0 Å². The first-order chi connectivity index (χ1) is 14.1. The molecule has 29 heavy (non-hydrogen) atoms. The first-order valence-corrected chi connectivity index (χ1v) is 10.1. The maximum atomic E-state index is 12.9. The molecule has 2 N–H and O–H groups in total. The molecule has 2 saturated heterocycles. The number of benzene rings is 1. The van der Waals surface area contributed by atoms with Crippen LogP contribution in [0.4, 0.5) is 0 Å². The van der Waals surface area contributed by atoms with Crippen LogP contribution in [0.1, 0.15) is 36.0 Å². The fourth-order valence-electron chi connectivity index (χ4n) is 4.36. The Kier molecular flexibility index (Phi) is 4.50. The average molecular weight is 396 g/mol. The van der Waals surface area contributed by atoms with Crippen LogP contribution in [0.5, 0.6) is 0 Å². The largest absolute Gasteiger partial charge is 0.386 e. The average Bonchev–Trinajstić information content (AvgIpc) is 3.53. The van der Waals surface area contributed by atoms with E-state index in [9.17, 15) is 9.59 Å². The van der Waals surface area contributed by atoms with E-state index in [1.807, 2.05) is 30.5 Å². The molecule has 152 valence electrons. The molecule has 0 saturated carbocycles. The van der Waals surface area contributed by atoms with Crippen LogP contribution in [0, 0.1) is 0 Å². The van der Waals surface area contributed by atoms with Crippen LogP contribution in [0.15, 0.2) is 35.6 Å². The van der Waals surface area contributed by atoms with Crippen molar-refractivity contribution < 1.29 is 19.2 Å². The van der Waals surface area contributed by atoms with E-state index in [1.54, 1.807) is 4.90 Å². The van der Waals surface area contributed by atoms with Crippen LogP contribution in [0.2, 0.25) is 0 Å². The first kappa shape index (κ1) is 18.2. The summed E-state index contributed by atoms with van der Waals surface area (Å²) in [4.78, 5) is 36.0. The van der Waals surface area contributed by atoms with Gasteiger partial charge in [-0.15, -0.1) is 0 Å².